The Morgan fingerprint density at radius 2 is 1.54 bits per heavy atom. The smallest absolute Gasteiger partial charge is 0.338 e. The molecule has 1 aliphatic heterocycles. The van der Waals surface area contributed by atoms with E-state index in [1.54, 1.807) is 12.1 Å². The highest BCUT2D eigenvalue weighted by atomic mass is 16.7. The standard InChI is InChI=1S/C24H31NO3/c1-18-11-9-10-14-20(18)17-27-25-23(2,3)15-21(16-24(25,4)5)28-22(26)19-12-7-6-8-13-19/h6-14,21H,15-17H2,1-5H3. The maximum absolute atomic E-state index is 12.5. The van der Waals surface area contributed by atoms with Crippen molar-refractivity contribution in [3.63, 3.8) is 0 Å². The Labute approximate surface area is 168 Å². The van der Waals surface area contributed by atoms with E-state index in [0.29, 0.717) is 12.2 Å². The molecule has 0 unspecified atom stereocenters. The first kappa shape index (κ1) is 20.6. The van der Waals surface area contributed by atoms with Crippen molar-refractivity contribution in [2.75, 3.05) is 0 Å². The van der Waals surface area contributed by atoms with E-state index in [0.717, 1.165) is 12.8 Å². The van der Waals surface area contributed by atoms with Crippen molar-refractivity contribution in [1.82, 2.24) is 5.06 Å². The summed E-state index contributed by atoms with van der Waals surface area (Å²) in [5.41, 5.74) is 2.49. The normalized spacial score (nSPS) is 19.3. The average molecular weight is 382 g/mol. The Morgan fingerprint density at radius 1 is 0.964 bits per heavy atom. The van der Waals surface area contributed by atoms with Gasteiger partial charge in [0.25, 0.3) is 0 Å². The van der Waals surface area contributed by atoms with Crippen LogP contribution in [0.2, 0.25) is 0 Å². The molecule has 0 saturated carbocycles. The molecule has 0 radical (unpaired) electrons. The largest absolute Gasteiger partial charge is 0.459 e. The molecule has 1 heterocycles. The molecule has 4 heteroatoms. The van der Waals surface area contributed by atoms with Gasteiger partial charge in [-0.15, -0.1) is 0 Å². The van der Waals surface area contributed by atoms with E-state index in [4.69, 9.17) is 9.57 Å². The van der Waals surface area contributed by atoms with Crippen LogP contribution in [0.5, 0.6) is 0 Å². The van der Waals surface area contributed by atoms with Crippen molar-refractivity contribution in [3.8, 4) is 0 Å². The Bertz CT molecular complexity index is 796. The first-order valence-corrected chi connectivity index (χ1v) is 9.93. The molecule has 1 saturated heterocycles. The van der Waals surface area contributed by atoms with Crippen molar-refractivity contribution in [1.29, 1.82) is 0 Å². The SMILES string of the molecule is Cc1ccccc1CON1C(C)(C)CC(OC(=O)c2ccccc2)CC1(C)C. The van der Waals surface area contributed by atoms with E-state index in [2.05, 4.69) is 51.8 Å². The summed E-state index contributed by atoms with van der Waals surface area (Å²) in [6.07, 6.45) is 1.31. The number of esters is 1. The molecular weight excluding hydrogens is 350 g/mol. The number of piperidine rings is 1. The van der Waals surface area contributed by atoms with Crippen LogP contribution in [0.4, 0.5) is 0 Å². The van der Waals surface area contributed by atoms with Crippen LogP contribution >= 0.6 is 0 Å². The molecule has 2 aromatic carbocycles. The van der Waals surface area contributed by atoms with Crippen molar-refractivity contribution < 1.29 is 14.4 Å². The molecule has 0 atom stereocenters. The molecule has 1 fully saturated rings. The first-order valence-electron chi connectivity index (χ1n) is 9.93. The van der Waals surface area contributed by atoms with Gasteiger partial charge in [0.15, 0.2) is 0 Å². The van der Waals surface area contributed by atoms with Gasteiger partial charge in [0, 0.05) is 23.9 Å². The fraction of sp³-hybridized carbons (Fsp3) is 0.458. The van der Waals surface area contributed by atoms with Crippen LogP contribution in [0.3, 0.4) is 0 Å². The highest BCUT2D eigenvalue weighted by Crippen LogP contribution is 2.40. The number of ether oxygens (including phenoxy) is 1. The molecule has 1 aliphatic rings. The second-order valence-electron chi connectivity index (χ2n) is 8.92. The van der Waals surface area contributed by atoms with Crippen LogP contribution in [-0.2, 0) is 16.2 Å². The lowest BCUT2D eigenvalue weighted by molar-refractivity contribution is -0.298. The predicted molar refractivity (Wildman–Crippen MR) is 111 cm³/mol. The number of aryl methyl sites for hydroxylation is 1. The summed E-state index contributed by atoms with van der Waals surface area (Å²) >= 11 is 0. The zero-order valence-corrected chi connectivity index (χ0v) is 17.6. The molecule has 0 bridgehead atoms. The highest BCUT2D eigenvalue weighted by molar-refractivity contribution is 5.89. The number of carbonyl (C=O) groups is 1. The number of carbonyl (C=O) groups excluding carboxylic acids is 1. The second kappa shape index (κ2) is 8.06. The van der Waals surface area contributed by atoms with Crippen molar-refractivity contribution >= 4 is 5.97 Å². The summed E-state index contributed by atoms with van der Waals surface area (Å²) in [5.74, 6) is -0.258. The van der Waals surface area contributed by atoms with Gasteiger partial charge in [0.1, 0.15) is 6.10 Å². The van der Waals surface area contributed by atoms with Gasteiger partial charge < -0.3 is 4.74 Å². The Balaban J connectivity index is 1.69. The van der Waals surface area contributed by atoms with Crippen LogP contribution in [0.1, 0.15) is 62.0 Å². The van der Waals surface area contributed by atoms with Gasteiger partial charge in [0.05, 0.1) is 12.2 Å². The molecule has 0 amide bonds. The minimum atomic E-state index is -0.258. The third-order valence-electron chi connectivity index (χ3n) is 5.45. The lowest BCUT2D eigenvalue weighted by Gasteiger charge is -2.53. The van der Waals surface area contributed by atoms with Crippen molar-refractivity contribution in [2.24, 2.45) is 0 Å². The zero-order chi connectivity index (χ0) is 20.4. The Morgan fingerprint density at radius 3 is 2.14 bits per heavy atom. The lowest BCUT2D eigenvalue weighted by Crippen LogP contribution is -2.61. The highest BCUT2D eigenvalue weighted by Gasteiger charge is 2.47. The van der Waals surface area contributed by atoms with Gasteiger partial charge in [-0.05, 0) is 57.9 Å². The number of benzene rings is 2. The van der Waals surface area contributed by atoms with Crippen LogP contribution < -0.4 is 0 Å². The minimum Gasteiger partial charge on any atom is -0.459 e. The molecule has 0 aromatic heterocycles. The number of hydroxylamine groups is 2. The summed E-state index contributed by atoms with van der Waals surface area (Å²) in [6.45, 7) is 11.2. The van der Waals surface area contributed by atoms with Crippen LogP contribution in [0, 0.1) is 6.92 Å². The zero-order valence-electron chi connectivity index (χ0n) is 17.6. The van der Waals surface area contributed by atoms with E-state index < -0.39 is 0 Å². The first-order chi connectivity index (χ1) is 13.2. The summed E-state index contributed by atoms with van der Waals surface area (Å²) in [7, 11) is 0. The van der Waals surface area contributed by atoms with Crippen LogP contribution in [0.25, 0.3) is 0 Å². The van der Waals surface area contributed by atoms with Gasteiger partial charge >= 0.3 is 5.97 Å². The van der Waals surface area contributed by atoms with E-state index >= 15 is 0 Å². The summed E-state index contributed by atoms with van der Waals surface area (Å²) in [5, 5.41) is 2.10. The monoisotopic (exact) mass is 381 g/mol. The molecule has 4 nitrogen and oxygen atoms in total. The minimum absolute atomic E-state index is 0.143. The summed E-state index contributed by atoms with van der Waals surface area (Å²) in [4.78, 5) is 18.8. The van der Waals surface area contributed by atoms with Crippen LogP contribution in [-0.4, -0.2) is 28.2 Å². The molecule has 0 aliphatic carbocycles. The number of rotatable bonds is 5. The molecule has 0 N–H and O–H groups in total. The fourth-order valence-corrected chi connectivity index (χ4v) is 4.30. The molecule has 150 valence electrons. The second-order valence-corrected chi connectivity index (χ2v) is 8.92. The van der Waals surface area contributed by atoms with Crippen molar-refractivity contribution in [3.05, 3.63) is 71.3 Å². The van der Waals surface area contributed by atoms with E-state index in [9.17, 15) is 4.79 Å². The lowest BCUT2D eigenvalue weighted by atomic mass is 9.80. The van der Waals surface area contributed by atoms with Gasteiger partial charge in [-0.1, -0.05) is 42.5 Å². The van der Waals surface area contributed by atoms with Gasteiger partial charge in [-0.2, -0.15) is 5.06 Å². The molecule has 3 rings (SSSR count). The van der Waals surface area contributed by atoms with E-state index in [1.165, 1.54) is 11.1 Å². The fourth-order valence-electron chi connectivity index (χ4n) is 4.30. The quantitative estimate of drug-likeness (QED) is 0.658. The predicted octanol–water partition coefficient (Wildman–Crippen LogP) is 5.31. The average Bonchev–Trinajstić information content (AvgIpc) is 2.62. The van der Waals surface area contributed by atoms with E-state index in [-0.39, 0.29) is 23.2 Å². The van der Waals surface area contributed by atoms with Gasteiger partial charge in [0.2, 0.25) is 0 Å². The van der Waals surface area contributed by atoms with Gasteiger partial charge in [-0.25, -0.2) is 4.79 Å². The third-order valence-corrected chi connectivity index (χ3v) is 5.45. The summed E-state index contributed by atoms with van der Waals surface area (Å²) in [6, 6.07) is 17.5. The van der Waals surface area contributed by atoms with E-state index in [1.807, 2.05) is 30.3 Å². The summed E-state index contributed by atoms with van der Waals surface area (Å²) < 4.78 is 5.86. The Hall–Kier alpha value is -2.17. The van der Waals surface area contributed by atoms with Crippen LogP contribution in [0.15, 0.2) is 54.6 Å². The molecule has 0 spiro atoms. The Kier molecular flexibility index (Phi) is 5.92. The van der Waals surface area contributed by atoms with Gasteiger partial charge in [-0.3, -0.25) is 4.84 Å². The number of hydrogen-bond acceptors (Lipinski definition) is 4. The maximum Gasteiger partial charge on any atom is 0.338 e. The van der Waals surface area contributed by atoms with Crippen molar-refractivity contribution in [2.45, 2.75) is 71.2 Å². The molecular formula is C24H31NO3. The molecule has 2 aromatic rings. The maximum atomic E-state index is 12.5. The third kappa shape index (κ3) is 4.62. The number of hydrogen-bond donors (Lipinski definition) is 0. The molecule has 28 heavy (non-hydrogen) atoms. The number of nitrogens with zero attached hydrogens (tertiary/aromatic N) is 1. The topological polar surface area (TPSA) is 38.8 Å².